The molecule has 0 spiro atoms. The monoisotopic (exact) mass is 248 g/mol. The van der Waals surface area contributed by atoms with E-state index in [0.717, 1.165) is 0 Å². The van der Waals surface area contributed by atoms with E-state index in [1.54, 1.807) is 17.5 Å². The second-order valence-electron chi connectivity index (χ2n) is 4.21. The third-order valence-corrected chi connectivity index (χ3v) is 3.50. The van der Waals surface area contributed by atoms with Crippen LogP contribution in [0.4, 0.5) is 11.5 Å². The summed E-state index contributed by atoms with van der Waals surface area (Å²) >= 11 is 1.74. The summed E-state index contributed by atoms with van der Waals surface area (Å²) in [5, 5.41) is 5.46. The van der Waals surface area contributed by atoms with Crippen molar-refractivity contribution < 1.29 is 0 Å². The Morgan fingerprint density at radius 2 is 2.24 bits per heavy atom. The molecule has 0 radical (unpaired) electrons. The van der Waals surface area contributed by atoms with Gasteiger partial charge in [-0.15, -0.1) is 11.3 Å². The van der Waals surface area contributed by atoms with Gasteiger partial charge in [0, 0.05) is 4.88 Å². The largest absolute Gasteiger partial charge is 0.394 e. The predicted octanol–water partition coefficient (Wildman–Crippen LogP) is 2.93. The third kappa shape index (κ3) is 2.74. The molecule has 0 saturated heterocycles. The Labute approximate surface area is 105 Å². The molecular weight excluding hydrogens is 232 g/mol. The van der Waals surface area contributed by atoms with Gasteiger partial charge in [0.05, 0.1) is 17.9 Å². The molecule has 3 N–H and O–H groups in total. The van der Waals surface area contributed by atoms with E-state index in [9.17, 15) is 0 Å². The van der Waals surface area contributed by atoms with Crippen molar-refractivity contribution in [2.75, 3.05) is 11.1 Å². The highest BCUT2D eigenvalue weighted by Gasteiger charge is 2.17. The average Bonchev–Trinajstić information content (AvgIpc) is 2.81. The zero-order valence-electron chi connectivity index (χ0n) is 9.92. The predicted molar refractivity (Wildman–Crippen MR) is 72.0 cm³/mol. The number of hydrogen-bond donors (Lipinski definition) is 2. The van der Waals surface area contributed by atoms with Gasteiger partial charge in [-0.3, -0.25) is 0 Å². The number of anilines is 2. The SMILES string of the molecule is CC(C)C(Nc1ncncc1N)c1cccs1. The van der Waals surface area contributed by atoms with Crippen molar-refractivity contribution in [3.05, 3.63) is 34.9 Å². The first-order chi connectivity index (χ1) is 8.18. The molecule has 0 aliphatic carbocycles. The van der Waals surface area contributed by atoms with Crippen LogP contribution in [0.2, 0.25) is 0 Å². The van der Waals surface area contributed by atoms with Crippen LogP contribution in [-0.2, 0) is 0 Å². The maximum Gasteiger partial charge on any atom is 0.153 e. The molecule has 0 aromatic carbocycles. The normalized spacial score (nSPS) is 12.6. The minimum Gasteiger partial charge on any atom is -0.394 e. The summed E-state index contributed by atoms with van der Waals surface area (Å²) in [5.41, 5.74) is 6.42. The maximum atomic E-state index is 5.84. The molecule has 1 atom stereocenters. The Morgan fingerprint density at radius 3 is 2.82 bits per heavy atom. The molecule has 0 fully saturated rings. The van der Waals surface area contributed by atoms with E-state index in [-0.39, 0.29) is 6.04 Å². The van der Waals surface area contributed by atoms with E-state index in [1.165, 1.54) is 11.2 Å². The molecule has 2 aromatic rings. The molecule has 0 bridgehead atoms. The van der Waals surface area contributed by atoms with E-state index < -0.39 is 0 Å². The highest BCUT2D eigenvalue weighted by Crippen LogP contribution is 2.30. The van der Waals surface area contributed by atoms with Gasteiger partial charge in [0.25, 0.3) is 0 Å². The topological polar surface area (TPSA) is 63.8 Å². The van der Waals surface area contributed by atoms with Crippen LogP contribution in [0.1, 0.15) is 24.8 Å². The molecule has 0 amide bonds. The summed E-state index contributed by atoms with van der Waals surface area (Å²) in [6.07, 6.45) is 3.12. The van der Waals surface area contributed by atoms with Crippen molar-refractivity contribution >= 4 is 22.8 Å². The van der Waals surface area contributed by atoms with Crippen molar-refractivity contribution in [3.63, 3.8) is 0 Å². The number of hydrogen-bond acceptors (Lipinski definition) is 5. The van der Waals surface area contributed by atoms with Crippen LogP contribution in [-0.4, -0.2) is 9.97 Å². The van der Waals surface area contributed by atoms with Crippen molar-refractivity contribution in [1.82, 2.24) is 9.97 Å². The van der Waals surface area contributed by atoms with Gasteiger partial charge < -0.3 is 11.1 Å². The van der Waals surface area contributed by atoms with Gasteiger partial charge in [-0.2, -0.15) is 0 Å². The first kappa shape index (κ1) is 11.9. The summed E-state index contributed by atoms with van der Waals surface area (Å²) in [7, 11) is 0. The van der Waals surface area contributed by atoms with Gasteiger partial charge in [-0.1, -0.05) is 19.9 Å². The van der Waals surface area contributed by atoms with E-state index in [0.29, 0.717) is 17.4 Å². The van der Waals surface area contributed by atoms with E-state index >= 15 is 0 Å². The van der Waals surface area contributed by atoms with Crippen LogP contribution in [0.3, 0.4) is 0 Å². The number of nitrogens with one attached hydrogen (secondary N) is 1. The lowest BCUT2D eigenvalue weighted by molar-refractivity contribution is 0.552. The second-order valence-corrected chi connectivity index (χ2v) is 5.19. The molecular formula is C12H16N4S. The zero-order valence-corrected chi connectivity index (χ0v) is 10.7. The van der Waals surface area contributed by atoms with Gasteiger partial charge in [0.1, 0.15) is 6.33 Å². The molecule has 17 heavy (non-hydrogen) atoms. The van der Waals surface area contributed by atoms with Crippen molar-refractivity contribution in [2.24, 2.45) is 5.92 Å². The fourth-order valence-electron chi connectivity index (χ4n) is 1.64. The summed E-state index contributed by atoms with van der Waals surface area (Å²) in [6, 6.07) is 4.41. The molecule has 2 aromatic heterocycles. The summed E-state index contributed by atoms with van der Waals surface area (Å²) in [5.74, 6) is 1.16. The number of nitrogens with two attached hydrogens (primary N) is 1. The lowest BCUT2D eigenvalue weighted by Gasteiger charge is -2.22. The Bertz CT molecular complexity index is 467. The van der Waals surface area contributed by atoms with Crippen LogP contribution in [0, 0.1) is 5.92 Å². The van der Waals surface area contributed by atoms with Crippen molar-refractivity contribution in [3.8, 4) is 0 Å². The summed E-state index contributed by atoms with van der Waals surface area (Å²) in [6.45, 7) is 4.35. The standard InChI is InChI=1S/C12H16N4S/c1-8(2)11(10-4-3-5-17-10)16-12-9(13)6-14-7-15-12/h3-8,11H,13H2,1-2H3,(H,14,15,16). The first-order valence-corrected chi connectivity index (χ1v) is 6.42. The van der Waals surface area contributed by atoms with E-state index in [1.807, 2.05) is 0 Å². The number of nitrogen functional groups attached to an aromatic ring is 1. The average molecular weight is 248 g/mol. The molecule has 0 aliphatic rings. The molecule has 2 heterocycles. The fourth-order valence-corrected chi connectivity index (χ4v) is 2.59. The smallest absolute Gasteiger partial charge is 0.153 e. The highest BCUT2D eigenvalue weighted by atomic mass is 32.1. The first-order valence-electron chi connectivity index (χ1n) is 5.54. The van der Waals surface area contributed by atoms with Crippen LogP contribution < -0.4 is 11.1 Å². The minimum absolute atomic E-state index is 0.229. The lowest BCUT2D eigenvalue weighted by Crippen LogP contribution is -2.17. The van der Waals surface area contributed by atoms with Gasteiger partial charge in [0.15, 0.2) is 5.82 Å². The zero-order chi connectivity index (χ0) is 12.3. The number of thiophene rings is 1. The van der Waals surface area contributed by atoms with Crippen LogP contribution >= 0.6 is 11.3 Å². The molecule has 1 unspecified atom stereocenters. The number of nitrogens with zero attached hydrogens (tertiary/aromatic N) is 2. The van der Waals surface area contributed by atoms with Gasteiger partial charge in [-0.05, 0) is 17.4 Å². The van der Waals surface area contributed by atoms with E-state index in [2.05, 4.69) is 46.6 Å². The minimum atomic E-state index is 0.229. The summed E-state index contributed by atoms with van der Waals surface area (Å²) in [4.78, 5) is 9.34. The van der Waals surface area contributed by atoms with Crippen LogP contribution in [0.5, 0.6) is 0 Å². The van der Waals surface area contributed by atoms with Gasteiger partial charge in [-0.25, -0.2) is 9.97 Å². The van der Waals surface area contributed by atoms with Crippen molar-refractivity contribution in [2.45, 2.75) is 19.9 Å². The molecule has 0 saturated carbocycles. The Balaban J connectivity index is 2.23. The second kappa shape index (κ2) is 5.14. The summed E-state index contributed by atoms with van der Waals surface area (Å²) < 4.78 is 0. The van der Waals surface area contributed by atoms with E-state index in [4.69, 9.17) is 5.73 Å². The highest BCUT2D eigenvalue weighted by molar-refractivity contribution is 7.10. The number of aromatic nitrogens is 2. The lowest BCUT2D eigenvalue weighted by atomic mass is 10.0. The Hall–Kier alpha value is -1.62. The van der Waals surface area contributed by atoms with Crippen molar-refractivity contribution in [1.29, 1.82) is 0 Å². The van der Waals surface area contributed by atoms with Crippen LogP contribution in [0.15, 0.2) is 30.0 Å². The van der Waals surface area contributed by atoms with Crippen LogP contribution in [0.25, 0.3) is 0 Å². The third-order valence-electron chi connectivity index (χ3n) is 2.55. The molecule has 5 heteroatoms. The molecule has 4 nitrogen and oxygen atoms in total. The molecule has 0 aliphatic heterocycles. The maximum absolute atomic E-state index is 5.84. The number of rotatable bonds is 4. The quantitative estimate of drug-likeness (QED) is 0.873. The molecule has 90 valence electrons. The fraction of sp³-hybridized carbons (Fsp3) is 0.333. The Morgan fingerprint density at radius 1 is 1.41 bits per heavy atom. The van der Waals surface area contributed by atoms with Gasteiger partial charge >= 0.3 is 0 Å². The van der Waals surface area contributed by atoms with Gasteiger partial charge in [0.2, 0.25) is 0 Å². The molecule has 2 rings (SSSR count). The Kier molecular flexibility index (Phi) is 3.58.